The summed E-state index contributed by atoms with van der Waals surface area (Å²) >= 11 is 0. The maximum absolute atomic E-state index is 13.3. The molecule has 204 valence electrons. The van der Waals surface area contributed by atoms with Crippen LogP contribution in [0, 0.1) is 21.7 Å². The summed E-state index contributed by atoms with van der Waals surface area (Å²) < 4.78 is 1.89. The van der Waals surface area contributed by atoms with E-state index in [1.165, 1.54) is 6.33 Å². The summed E-state index contributed by atoms with van der Waals surface area (Å²) in [5.74, 6) is -1.55. The van der Waals surface area contributed by atoms with Gasteiger partial charge in [-0.25, -0.2) is 9.97 Å². The molecule has 0 saturated heterocycles. The fraction of sp³-hybridized carbons (Fsp3) is 0.679. The monoisotopic (exact) mass is 523 g/mol. The summed E-state index contributed by atoms with van der Waals surface area (Å²) in [6, 6.07) is 0. The molecule has 8 rings (SSSR count). The van der Waals surface area contributed by atoms with Crippen LogP contribution in [0.3, 0.4) is 0 Å². The number of amides is 1. The molecule has 38 heavy (non-hydrogen) atoms. The lowest BCUT2D eigenvalue weighted by atomic mass is 9.53. The number of anilines is 1. The zero-order chi connectivity index (χ0) is 26.8. The first-order valence-corrected chi connectivity index (χ1v) is 13.9. The molecule has 6 aliphatic carbocycles. The lowest BCUT2D eigenvalue weighted by Crippen LogP contribution is -2.50. The van der Waals surface area contributed by atoms with Crippen LogP contribution < -0.4 is 10.6 Å². The minimum absolute atomic E-state index is 0.0303. The molecule has 0 atom stereocenters. The Kier molecular flexibility index (Phi) is 5.74. The highest BCUT2D eigenvalue weighted by atomic mass is 16.4. The van der Waals surface area contributed by atoms with E-state index in [2.05, 4.69) is 20.6 Å². The molecule has 0 spiro atoms. The van der Waals surface area contributed by atoms with E-state index in [-0.39, 0.29) is 16.7 Å². The molecule has 10 heteroatoms. The Morgan fingerprint density at radius 3 is 1.82 bits per heavy atom. The van der Waals surface area contributed by atoms with Gasteiger partial charge in [0.25, 0.3) is 5.91 Å². The van der Waals surface area contributed by atoms with Gasteiger partial charge in [-0.1, -0.05) is 0 Å². The van der Waals surface area contributed by atoms with Gasteiger partial charge in [0, 0.05) is 26.3 Å². The first-order chi connectivity index (χ1) is 18.1. The third kappa shape index (κ3) is 3.86. The van der Waals surface area contributed by atoms with E-state index >= 15 is 0 Å². The number of aryl methyl sites for hydroxylation is 1. The van der Waals surface area contributed by atoms with Crippen molar-refractivity contribution in [3.63, 3.8) is 0 Å². The molecule has 6 aliphatic rings. The number of nitrogens with zero attached hydrogens (tertiary/aromatic N) is 3. The molecule has 0 radical (unpaired) electrons. The zero-order valence-corrected chi connectivity index (χ0v) is 22.0. The van der Waals surface area contributed by atoms with Crippen LogP contribution in [0.15, 0.2) is 12.5 Å². The van der Waals surface area contributed by atoms with Gasteiger partial charge in [-0.05, 0) is 87.9 Å². The summed E-state index contributed by atoms with van der Waals surface area (Å²) in [6.45, 7) is 1.29. The molecule has 1 amide bonds. The molecule has 4 N–H and O–H groups in total. The second-order valence-corrected chi connectivity index (χ2v) is 12.8. The van der Waals surface area contributed by atoms with E-state index in [9.17, 15) is 24.6 Å². The van der Waals surface area contributed by atoms with Crippen molar-refractivity contribution >= 4 is 34.6 Å². The third-order valence-electron chi connectivity index (χ3n) is 11.0. The molecule has 0 aromatic carbocycles. The van der Waals surface area contributed by atoms with Gasteiger partial charge in [0.1, 0.15) is 17.4 Å². The third-order valence-corrected chi connectivity index (χ3v) is 11.0. The molecule has 6 fully saturated rings. The fourth-order valence-electron chi connectivity index (χ4n) is 7.86. The number of aliphatic carboxylic acids is 2. The number of aromatic nitrogens is 3. The smallest absolute Gasteiger partial charge is 0.309 e. The van der Waals surface area contributed by atoms with Gasteiger partial charge < -0.3 is 25.4 Å². The molecule has 4 bridgehead atoms. The Morgan fingerprint density at radius 2 is 1.32 bits per heavy atom. The van der Waals surface area contributed by atoms with Crippen LogP contribution in [0.1, 0.15) is 87.5 Å². The number of nitrogens with one attached hydrogen (secondary N) is 2. The summed E-state index contributed by atoms with van der Waals surface area (Å²) in [7, 11) is 1.89. The lowest BCUT2D eigenvalue weighted by Gasteiger charge is -2.51. The van der Waals surface area contributed by atoms with E-state index in [0.29, 0.717) is 42.5 Å². The van der Waals surface area contributed by atoms with Crippen molar-refractivity contribution in [3.8, 4) is 0 Å². The van der Waals surface area contributed by atoms with Gasteiger partial charge in [0.15, 0.2) is 5.69 Å². The quantitative estimate of drug-likeness (QED) is 0.407. The van der Waals surface area contributed by atoms with E-state index < -0.39 is 22.8 Å². The number of carboxylic acids is 2. The van der Waals surface area contributed by atoms with Crippen LogP contribution in [-0.2, 0) is 16.6 Å². The molecule has 6 saturated carbocycles. The molecular weight excluding hydrogens is 486 g/mol. The van der Waals surface area contributed by atoms with Crippen molar-refractivity contribution in [2.24, 2.45) is 28.7 Å². The Labute approximate surface area is 221 Å². The van der Waals surface area contributed by atoms with Crippen molar-refractivity contribution in [1.29, 1.82) is 0 Å². The SMILES string of the molecule is Cn1cc(NCC23CCC(C(=O)O)(CC2)CC3)c2ncnc(C(=O)NCC34CCC(C(=O)O)(CC3)CC4)c21. The molecule has 2 heterocycles. The van der Waals surface area contributed by atoms with E-state index in [4.69, 9.17) is 0 Å². The van der Waals surface area contributed by atoms with Crippen LogP contribution >= 0.6 is 0 Å². The van der Waals surface area contributed by atoms with Crippen molar-refractivity contribution in [3.05, 3.63) is 18.2 Å². The number of carbonyl (C=O) groups is 3. The summed E-state index contributed by atoms with van der Waals surface area (Å²) in [6.07, 6.45) is 12.9. The van der Waals surface area contributed by atoms with Gasteiger partial charge >= 0.3 is 11.9 Å². The first-order valence-electron chi connectivity index (χ1n) is 13.9. The van der Waals surface area contributed by atoms with Crippen LogP contribution in [0.2, 0.25) is 0 Å². The van der Waals surface area contributed by atoms with Crippen LogP contribution in [0.5, 0.6) is 0 Å². The molecule has 10 nitrogen and oxygen atoms in total. The Bertz CT molecular complexity index is 1270. The molecule has 2 aromatic rings. The maximum atomic E-state index is 13.3. The highest BCUT2D eigenvalue weighted by Gasteiger charge is 2.53. The second kappa shape index (κ2) is 8.68. The minimum atomic E-state index is -0.675. The average Bonchev–Trinajstić information content (AvgIpc) is 3.28. The Hall–Kier alpha value is -3.17. The number of carbonyl (C=O) groups excluding carboxylic acids is 1. The molecule has 2 aromatic heterocycles. The number of fused-ring (bicyclic) bond motifs is 7. The Morgan fingerprint density at radius 1 is 0.816 bits per heavy atom. The van der Waals surface area contributed by atoms with Crippen molar-refractivity contribution in [2.75, 3.05) is 18.4 Å². The van der Waals surface area contributed by atoms with Crippen molar-refractivity contribution in [1.82, 2.24) is 19.9 Å². The summed E-state index contributed by atoms with van der Waals surface area (Å²) in [5, 5.41) is 26.0. The van der Waals surface area contributed by atoms with E-state index in [0.717, 1.165) is 70.0 Å². The average molecular weight is 524 g/mol. The normalized spacial score (nSPS) is 33.8. The van der Waals surface area contributed by atoms with Gasteiger partial charge in [-0.3, -0.25) is 14.4 Å². The molecule has 0 aliphatic heterocycles. The lowest BCUT2D eigenvalue weighted by molar-refractivity contribution is -0.159. The largest absolute Gasteiger partial charge is 0.481 e. The number of carboxylic acid groups (broad SMARTS) is 2. The predicted molar refractivity (Wildman–Crippen MR) is 140 cm³/mol. The fourth-order valence-corrected chi connectivity index (χ4v) is 7.86. The first kappa shape index (κ1) is 25.1. The zero-order valence-electron chi connectivity index (χ0n) is 22.0. The van der Waals surface area contributed by atoms with Crippen molar-refractivity contribution in [2.45, 2.75) is 77.0 Å². The maximum Gasteiger partial charge on any atom is 0.309 e. The van der Waals surface area contributed by atoms with Gasteiger partial charge in [0.05, 0.1) is 16.5 Å². The van der Waals surface area contributed by atoms with E-state index in [1.54, 1.807) is 0 Å². The molecular formula is C28H37N5O5. The van der Waals surface area contributed by atoms with E-state index in [1.807, 2.05) is 17.8 Å². The van der Waals surface area contributed by atoms with Crippen LogP contribution in [0.25, 0.3) is 11.0 Å². The van der Waals surface area contributed by atoms with Gasteiger partial charge in [-0.15, -0.1) is 0 Å². The standard InChI is InChI=1S/C28H37N5O5/c1-33-14-18(29-15-25-2-8-27(9-3-25,10-4-25)23(35)36)19-21(33)20(32-17-31-19)22(34)30-16-26-5-11-28(12-6-26,13-7-26)24(37)38/h14,17,29H,2-13,15-16H2,1H3,(H,30,34)(H,35,36)(H,37,38). The highest BCUT2D eigenvalue weighted by molar-refractivity contribution is 6.06. The van der Waals surface area contributed by atoms with Gasteiger partial charge in [0.2, 0.25) is 0 Å². The predicted octanol–water partition coefficient (Wildman–Crippen LogP) is 3.96. The van der Waals surface area contributed by atoms with Gasteiger partial charge in [-0.2, -0.15) is 0 Å². The molecule has 0 unspecified atom stereocenters. The van der Waals surface area contributed by atoms with Crippen molar-refractivity contribution < 1.29 is 24.6 Å². The number of rotatable bonds is 8. The highest BCUT2D eigenvalue weighted by Crippen LogP contribution is 2.58. The summed E-state index contributed by atoms with van der Waals surface area (Å²) in [4.78, 5) is 45.7. The number of hydrogen-bond donors (Lipinski definition) is 4. The van der Waals surface area contributed by atoms with Crippen LogP contribution in [0.4, 0.5) is 5.69 Å². The second-order valence-electron chi connectivity index (χ2n) is 12.8. The number of hydrogen-bond acceptors (Lipinski definition) is 6. The summed E-state index contributed by atoms with van der Waals surface area (Å²) in [5.41, 5.74) is 1.56. The Balaban J connectivity index is 1.14. The topological polar surface area (TPSA) is 146 Å². The van der Waals surface area contributed by atoms with Crippen LogP contribution in [-0.4, -0.2) is 55.7 Å². The minimum Gasteiger partial charge on any atom is -0.481 e.